The second-order valence-corrected chi connectivity index (χ2v) is 7.37. The second-order valence-electron chi connectivity index (χ2n) is 6.42. The van der Waals surface area contributed by atoms with Crippen LogP contribution in [0.1, 0.15) is 21.7 Å². The average Bonchev–Trinajstić information content (AvgIpc) is 3.41. The quantitative estimate of drug-likeness (QED) is 0.526. The zero-order valence-corrected chi connectivity index (χ0v) is 17.1. The van der Waals surface area contributed by atoms with E-state index in [1.807, 2.05) is 42.6 Å². The van der Waals surface area contributed by atoms with Gasteiger partial charge in [0.25, 0.3) is 5.91 Å². The topological polar surface area (TPSA) is 77.8 Å². The molecule has 0 atom stereocenters. The highest BCUT2D eigenvalue weighted by Gasteiger charge is 2.14. The molecule has 0 saturated heterocycles. The zero-order chi connectivity index (χ0) is 20.4. The van der Waals surface area contributed by atoms with Gasteiger partial charge in [-0.2, -0.15) is 5.10 Å². The van der Waals surface area contributed by atoms with E-state index in [1.165, 1.54) is 0 Å². The summed E-state index contributed by atoms with van der Waals surface area (Å²) < 4.78 is 12.3. The molecule has 0 aliphatic rings. The Labute approximate surface area is 171 Å². The molecule has 0 aliphatic heterocycles. The number of thiophene rings is 1. The third kappa shape index (κ3) is 3.79. The largest absolute Gasteiger partial charge is 0.497 e. The van der Waals surface area contributed by atoms with Gasteiger partial charge < -0.3 is 14.8 Å². The molecule has 1 amide bonds. The van der Waals surface area contributed by atoms with Gasteiger partial charge in [-0.05, 0) is 36.6 Å². The van der Waals surface area contributed by atoms with Crippen LogP contribution in [0.4, 0.5) is 0 Å². The summed E-state index contributed by atoms with van der Waals surface area (Å²) in [5.74, 6) is 1.09. The highest BCUT2D eigenvalue weighted by atomic mass is 32.1. The van der Waals surface area contributed by atoms with E-state index >= 15 is 0 Å². The van der Waals surface area contributed by atoms with Crippen molar-refractivity contribution in [3.63, 3.8) is 0 Å². The van der Waals surface area contributed by atoms with Crippen molar-refractivity contribution in [1.29, 1.82) is 0 Å². The first-order chi connectivity index (χ1) is 14.1. The molecule has 0 fully saturated rings. The Bertz CT molecular complexity index is 1170. The number of aromatic nitrogens is 3. The Balaban J connectivity index is 1.56. The summed E-state index contributed by atoms with van der Waals surface area (Å²) >= 11 is 1.62. The number of nitrogens with zero attached hydrogens (tertiary/aromatic N) is 3. The van der Waals surface area contributed by atoms with Crippen LogP contribution in [-0.4, -0.2) is 34.7 Å². The SMILES string of the molecule is COc1ccc(CNC(=O)c2cc(C)n3nc(-c4cccs4)cc3n2)c(OC)c1. The van der Waals surface area contributed by atoms with Gasteiger partial charge in [0, 0.05) is 29.9 Å². The molecule has 4 aromatic rings. The Morgan fingerprint density at radius 1 is 1.17 bits per heavy atom. The summed E-state index contributed by atoms with van der Waals surface area (Å²) in [6, 6.07) is 13.1. The first-order valence-corrected chi connectivity index (χ1v) is 9.87. The van der Waals surface area contributed by atoms with Gasteiger partial charge in [-0.3, -0.25) is 4.79 Å². The fourth-order valence-electron chi connectivity index (χ4n) is 3.05. The Kier molecular flexibility index (Phi) is 5.18. The molecule has 0 saturated carbocycles. The van der Waals surface area contributed by atoms with Gasteiger partial charge in [-0.25, -0.2) is 9.50 Å². The van der Waals surface area contributed by atoms with Crippen LogP contribution >= 0.6 is 11.3 Å². The van der Waals surface area contributed by atoms with Gasteiger partial charge >= 0.3 is 0 Å². The van der Waals surface area contributed by atoms with Gasteiger partial charge in [0.2, 0.25) is 0 Å². The van der Waals surface area contributed by atoms with Crippen LogP contribution in [0.2, 0.25) is 0 Å². The minimum atomic E-state index is -0.257. The molecule has 29 heavy (non-hydrogen) atoms. The maximum Gasteiger partial charge on any atom is 0.270 e. The van der Waals surface area contributed by atoms with Crippen LogP contribution in [0, 0.1) is 6.92 Å². The van der Waals surface area contributed by atoms with Gasteiger partial charge in [0.05, 0.1) is 19.1 Å². The number of aryl methyl sites for hydroxylation is 1. The molecule has 0 radical (unpaired) electrons. The molecule has 3 aromatic heterocycles. The number of methoxy groups -OCH3 is 2. The molecule has 7 nitrogen and oxygen atoms in total. The number of ether oxygens (including phenoxy) is 2. The number of hydrogen-bond acceptors (Lipinski definition) is 6. The number of rotatable bonds is 6. The summed E-state index contributed by atoms with van der Waals surface area (Å²) in [7, 11) is 3.18. The number of nitrogens with one attached hydrogen (secondary N) is 1. The van der Waals surface area contributed by atoms with Crippen molar-refractivity contribution in [2.45, 2.75) is 13.5 Å². The maximum atomic E-state index is 12.7. The predicted octanol–water partition coefficient (Wildman–Crippen LogP) is 3.71. The Hall–Kier alpha value is -3.39. The fraction of sp³-hybridized carbons (Fsp3) is 0.190. The molecule has 3 heterocycles. The van der Waals surface area contributed by atoms with Gasteiger partial charge in [0.15, 0.2) is 5.65 Å². The summed E-state index contributed by atoms with van der Waals surface area (Å²) in [6.07, 6.45) is 0. The lowest BCUT2D eigenvalue weighted by Crippen LogP contribution is -2.24. The van der Waals surface area contributed by atoms with Crippen LogP contribution < -0.4 is 14.8 Å². The maximum absolute atomic E-state index is 12.7. The van der Waals surface area contributed by atoms with E-state index in [0.717, 1.165) is 21.8 Å². The monoisotopic (exact) mass is 408 g/mol. The molecular formula is C21H20N4O3S. The Morgan fingerprint density at radius 3 is 2.76 bits per heavy atom. The van der Waals surface area contributed by atoms with Crippen molar-refractivity contribution in [3.8, 4) is 22.1 Å². The number of carbonyl (C=O) groups excluding carboxylic acids is 1. The van der Waals surface area contributed by atoms with Gasteiger partial charge in [-0.1, -0.05) is 6.07 Å². The molecule has 8 heteroatoms. The average molecular weight is 408 g/mol. The first-order valence-electron chi connectivity index (χ1n) is 8.99. The molecule has 0 aliphatic carbocycles. The summed E-state index contributed by atoms with van der Waals surface area (Å²) in [5.41, 5.74) is 3.52. The van der Waals surface area contributed by atoms with Crippen LogP contribution in [0.3, 0.4) is 0 Å². The van der Waals surface area contributed by atoms with E-state index in [4.69, 9.17) is 9.47 Å². The minimum absolute atomic E-state index is 0.257. The minimum Gasteiger partial charge on any atom is -0.497 e. The number of benzene rings is 1. The molecule has 0 spiro atoms. The predicted molar refractivity (Wildman–Crippen MR) is 112 cm³/mol. The van der Waals surface area contributed by atoms with Gasteiger partial charge in [0.1, 0.15) is 22.9 Å². The van der Waals surface area contributed by atoms with E-state index < -0.39 is 0 Å². The lowest BCUT2D eigenvalue weighted by Gasteiger charge is -2.11. The van der Waals surface area contributed by atoms with E-state index in [-0.39, 0.29) is 5.91 Å². The second kappa shape index (κ2) is 7.92. The van der Waals surface area contributed by atoms with E-state index in [2.05, 4.69) is 15.4 Å². The van der Waals surface area contributed by atoms with E-state index in [0.29, 0.717) is 29.4 Å². The Morgan fingerprint density at radius 2 is 2.03 bits per heavy atom. The number of hydrogen-bond donors (Lipinski definition) is 1. The van der Waals surface area contributed by atoms with Crippen molar-refractivity contribution in [2.75, 3.05) is 14.2 Å². The van der Waals surface area contributed by atoms with Crippen LogP contribution in [0.15, 0.2) is 47.8 Å². The van der Waals surface area contributed by atoms with E-state index in [9.17, 15) is 4.79 Å². The number of carbonyl (C=O) groups is 1. The van der Waals surface area contributed by atoms with Crippen molar-refractivity contribution in [2.24, 2.45) is 0 Å². The summed E-state index contributed by atoms with van der Waals surface area (Å²) in [6.45, 7) is 2.22. The summed E-state index contributed by atoms with van der Waals surface area (Å²) in [4.78, 5) is 18.3. The highest BCUT2D eigenvalue weighted by molar-refractivity contribution is 7.13. The lowest BCUT2D eigenvalue weighted by atomic mass is 10.2. The van der Waals surface area contributed by atoms with Crippen LogP contribution in [-0.2, 0) is 6.54 Å². The molecule has 0 bridgehead atoms. The van der Waals surface area contributed by atoms with Crippen molar-refractivity contribution < 1.29 is 14.3 Å². The lowest BCUT2D eigenvalue weighted by molar-refractivity contribution is 0.0945. The molecule has 148 valence electrons. The highest BCUT2D eigenvalue weighted by Crippen LogP contribution is 2.25. The third-order valence-electron chi connectivity index (χ3n) is 4.55. The summed E-state index contributed by atoms with van der Waals surface area (Å²) in [5, 5.41) is 9.50. The molecular weight excluding hydrogens is 388 g/mol. The zero-order valence-electron chi connectivity index (χ0n) is 16.3. The van der Waals surface area contributed by atoms with Crippen molar-refractivity contribution >= 4 is 22.9 Å². The van der Waals surface area contributed by atoms with E-state index in [1.54, 1.807) is 42.2 Å². The van der Waals surface area contributed by atoms with Crippen LogP contribution in [0.5, 0.6) is 11.5 Å². The van der Waals surface area contributed by atoms with Crippen LogP contribution in [0.25, 0.3) is 16.2 Å². The normalized spacial score (nSPS) is 10.9. The smallest absolute Gasteiger partial charge is 0.270 e. The van der Waals surface area contributed by atoms with Crippen molar-refractivity contribution in [1.82, 2.24) is 19.9 Å². The number of fused-ring (bicyclic) bond motifs is 1. The molecule has 1 N–H and O–H groups in total. The number of amides is 1. The molecule has 0 unspecified atom stereocenters. The molecule has 4 rings (SSSR count). The van der Waals surface area contributed by atoms with Gasteiger partial charge in [-0.15, -0.1) is 11.3 Å². The van der Waals surface area contributed by atoms with Crippen molar-refractivity contribution in [3.05, 3.63) is 64.8 Å². The molecule has 1 aromatic carbocycles. The standard InChI is InChI=1S/C21H20N4O3S/c1-13-9-17(23-20-11-16(24-25(13)20)19-5-4-8-29-19)21(26)22-12-14-6-7-15(27-2)10-18(14)28-3/h4-11H,12H2,1-3H3,(H,22,26). The fourth-order valence-corrected chi connectivity index (χ4v) is 3.73. The first kappa shape index (κ1) is 18.9. The third-order valence-corrected chi connectivity index (χ3v) is 5.44.